The zero-order valence-corrected chi connectivity index (χ0v) is 20.3. The lowest BCUT2D eigenvalue weighted by atomic mass is 10.1. The number of piperazine rings is 1. The summed E-state index contributed by atoms with van der Waals surface area (Å²) in [7, 11) is 0. The molecule has 190 valence electrons. The van der Waals surface area contributed by atoms with Gasteiger partial charge in [0.25, 0.3) is 5.91 Å². The van der Waals surface area contributed by atoms with Crippen LogP contribution in [0.2, 0.25) is 0 Å². The van der Waals surface area contributed by atoms with Gasteiger partial charge in [0, 0.05) is 37.3 Å². The van der Waals surface area contributed by atoms with Crippen molar-refractivity contribution in [3.63, 3.8) is 0 Å². The van der Waals surface area contributed by atoms with Gasteiger partial charge in [0.1, 0.15) is 11.5 Å². The molecule has 2 saturated carbocycles. The third-order valence-electron chi connectivity index (χ3n) is 7.12. The summed E-state index contributed by atoms with van der Waals surface area (Å²) < 4.78 is 0. The molecule has 2 aromatic heterocycles. The van der Waals surface area contributed by atoms with Crippen molar-refractivity contribution in [3.8, 4) is 0 Å². The van der Waals surface area contributed by atoms with Crippen molar-refractivity contribution < 1.29 is 19.5 Å². The van der Waals surface area contributed by atoms with Crippen molar-refractivity contribution in [2.24, 2.45) is 17.6 Å². The second kappa shape index (κ2) is 9.71. The number of amides is 2. The van der Waals surface area contributed by atoms with E-state index in [0.29, 0.717) is 23.1 Å². The fraction of sp³-hybridized carbons (Fsp3) is 0.520. The van der Waals surface area contributed by atoms with E-state index in [4.69, 9.17) is 10.8 Å². The molecule has 36 heavy (non-hydrogen) atoms. The van der Waals surface area contributed by atoms with E-state index in [2.05, 4.69) is 30.1 Å². The summed E-state index contributed by atoms with van der Waals surface area (Å²) in [6.45, 7) is 3.40. The van der Waals surface area contributed by atoms with Gasteiger partial charge >= 0.3 is 5.97 Å². The first kappa shape index (κ1) is 24.0. The lowest BCUT2D eigenvalue weighted by molar-refractivity contribution is -0.138. The quantitative estimate of drug-likeness (QED) is 0.548. The molecule has 4 fully saturated rings. The molecule has 0 aromatic carbocycles. The highest BCUT2D eigenvalue weighted by molar-refractivity contribution is 5.92. The Kier molecular flexibility index (Phi) is 6.46. The number of carbonyl (C=O) groups is 3. The van der Waals surface area contributed by atoms with Gasteiger partial charge < -0.3 is 26.0 Å². The first-order chi connectivity index (χ1) is 17.3. The van der Waals surface area contributed by atoms with Crippen molar-refractivity contribution in [1.29, 1.82) is 0 Å². The molecule has 11 nitrogen and oxygen atoms in total. The number of aryl methyl sites for hydroxylation is 1. The van der Waals surface area contributed by atoms with Crippen LogP contribution in [-0.2, 0) is 9.59 Å². The number of nitrogens with one attached hydrogen (secondary N) is 1. The lowest BCUT2D eigenvalue weighted by Crippen LogP contribution is -2.56. The van der Waals surface area contributed by atoms with Crippen LogP contribution >= 0.6 is 0 Å². The van der Waals surface area contributed by atoms with E-state index < -0.39 is 11.9 Å². The molecule has 2 aliphatic heterocycles. The average Bonchev–Trinajstić information content (AvgIpc) is 3.75. The summed E-state index contributed by atoms with van der Waals surface area (Å²) in [6, 6.07) is 4.25. The third kappa shape index (κ3) is 5.24. The van der Waals surface area contributed by atoms with Crippen molar-refractivity contribution in [2.45, 2.75) is 57.5 Å². The minimum atomic E-state index is -0.630. The molecule has 11 heteroatoms. The van der Waals surface area contributed by atoms with Crippen LogP contribution in [0.4, 0.5) is 17.5 Å². The molecule has 2 aromatic rings. The normalized spacial score (nSPS) is 22.5. The summed E-state index contributed by atoms with van der Waals surface area (Å²) in [5.74, 6) is 0.777. The number of nitrogens with zero attached hydrogens (tertiary/aromatic N) is 5. The minimum absolute atomic E-state index is 0.0185. The van der Waals surface area contributed by atoms with Gasteiger partial charge in [-0.15, -0.1) is 0 Å². The molecule has 4 heterocycles. The molecule has 2 atom stereocenters. The molecule has 2 saturated heterocycles. The van der Waals surface area contributed by atoms with Gasteiger partial charge in [-0.25, -0.2) is 9.97 Å². The Bertz CT molecular complexity index is 1170. The van der Waals surface area contributed by atoms with E-state index in [1.807, 2.05) is 6.07 Å². The largest absolute Gasteiger partial charge is 0.481 e. The fourth-order valence-electron chi connectivity index (χ4n) is 4.94. The Balaban J connectivity index is 0.000000391. The van der Waals surface area contributed by atoms with E-state index in [-0.39, 0.29) is 29.6 Å². The highest BCUT2D eigenvalue weighted by Gasteiger charge is 2.46. The number of rotatable bonds is 6. The van der Waals surface area contributed by atoms with Gasteiger partial charge in [-0.1, -0.05) is 0 Å². The number of aliphatic carboxylic acids is 1. The molecule has 6 rings (SSSR count). The number of aromatic nitrogens is 3. The first-order valence-electron chi connectivity index (χ1n) is 12.5. The van der Waals surface area contributed by atoms with E-state index in [1.54, 1.807) is 25.4 Å². The minimum Gasteiger partial charge on any atom is -0.481 e. The Morgan fingerprint density at radius 2 is 1.69 bits per heavy atom. The lowest BCUT2D eigenvalue weighted by Gasteiger charge is -2.41. The predicted octanol–water partition coefficient (Wildman–Crippen LogP) is 2.09. The van der Waals surface area contributed by atoms with Crippen molar-refractivity contribution in [3.05, 3.63) is 35.8 Å². The molecule has 4 aliphatic rings. The maximum absolute atomic E-state index is 12.7. The zero-order chi connectivity index (χ0) is 25.4. The van der Waals surface area contributed by atoms with E-state index in [1.165, 1.54) is 0 Å². The van der Waals surface area contributed by atoms with Crippen LogP contribution in [0.1, 0.15) is 54.6 Å². The average molecular weight is 494 g/mol. The number of hydrogen-bond donors (Lipinski definition) is 3. The molecule has 2 bridgehead atoms. The standard InChI is InChI=1S/C21H25N7O2.C4H6O2/c1-12-8-14(9-24-18(12)19(22)29)25-21-23-7-6-17(26-21)27-10-15-4-5-16(11-27)28(15)20(30)13-2-3-13;5-4(6)3-1-2-3/h6-9,13,15-16H,2-5,10-11H2,1H3,(H2,22,29)(H,23,25,26);3H,1-2H2,(H,5,6)/t15-,16+;. The molecule has 0 radical (unpaired) electrons. The molecule has 0 unspecified atom stereocenters. The van der Waals surface area contributed by atoms with Gasteiger partial charge in [0.15, 0.2) is 0 Å². The van der Waals surface area contributed by atoms with Crippen LogP contribution in [0.3, 0.4) is 0 Å². The number of nitrogens with two attached hydrogens (primary N) is 1. The van der Waals surface area contributed by atoms with Crippen molar-refractivity contribution in [1.82, 2.24) is 19.9 Å². The zero-order valence-electron chi connectivity index (χ0n) is 20.3. The number of hydrogen-bond acceptors (Lipinski definition) is 8. The summed E-state index contributed by atoms with van der Waals surface area (Å²) in [5.41, 5.74) is 6.95. The van der Waals surface area contributed by atoms with Crippen LogP contribution in [0.5, 0.6) is 0 Å². The molecular formula is C25H31N7O4. The Labute approximate surface area is 209 Å². The predicted molar refractivity (Wildman–Crippen MR) is 132 cm³/mol. The fourth-order valence-corrected chi connectivity index (χ4v) is 4.94. The highest BCUT2D eigenvalue weighted by atomic mass is 16.4. The van der Waals surface area contributed by atoms with Gasteiger partial charge in [-0.2, -0.15) is 4.98 Å². The molecule has 4 N–H and O–H groups in total. The van der Waals surface area contributed by atoms with Gasteiger partial charge in [-0.05, 0) is 63.1 Å². The Morgan fingerprint density at radius 1 is 1.03 bits per heavy atom. The number of carbonyl (C=O) groups excluding carboxylic acids is 2. The van der Waals surface area contributed by atoms with Crippen LogP contribution in [0.25, 0.3) is 0 Å². The number of carboxylic acid groups (broad SMARTS) is 1. The maximum atomic E-state index is 12.7. The van der Waals surface area contributed by atoms with Crippen LogP contribution < -0.4 is 16.0 Å². The highest BCUT2D eigenvalue weighted by Crippen LogP contribution is 2.38. The number of primary amides is 1. The summed E-state index contributed by atoms with van der Waals surface area (Å²) in [6.07, 6.45) is 9.30. The number of fused-ring (bicyclic) bond motifs is 2. The Morgan fingerprint density at radius 3 is 2.22 bits per heavy atom. The Hall–Kier alpha value is -3.76. The van der Waals surface area contributed by atoms with Crippen LogP contribution in [-0.4, -0.2) is 67.9 Å². The van der Waals surface area contributed by atoms with E-state index in [9.17, 15) is 14.4 Å². The van der Waals surface area contributed by atoms with Crippen LogP contribution in [0, 0.1) is 18.8 Å². The van der Waals surface area contributed by atoms with Crippen molar-refractivity contribution in [2.75, 3.05) is 23.3 Å². The number of pyridine rings is 1. The van der Waals surface area contributed by atoms with E-state index in [0.717, 1.165) is 57.4 Å². The van der Waals surface area contributed by atoms with Crippen molar-refractivity contribution >= 4 is 35.2 Å². The number of anilines is 3. The summed E-state index contributed by atoms with van der Waals surface area (Å²) in [5, 5.41) is 11.2. The SMILES string of the molecule is Cc1cc(Nc2nccc(N3C[C@H]4CC[C@@H](C3)N4C(=O)C3CC3)n2)cnc1C(N)=O.O=C(O)C1CC1. The molecule has 0 spiro atoms. The monoisotopic (exact) mass is 493 g/mol. The summed E-state index contributed by atoms with van der Waals surface area (Å²) in [4.78, 5) is 51.3. The molecular weight excluding hydrogens is 462 g/mol. The van der Waals surface area contributed by atoms with Gasteiger partial charge in [0.2, 0.25) is 11.9 Å². The first-order valence-corrected chi connectivity index (χ1v) is 12.5. The third-order valence-corrected chi connectivity index (χ3v) is 7.12. The smallest absolute Gasteiger partial charge is 0.306 e. The molecule has 2 aliphatic carbocycles. The van der Waals surface area contributed by atoms with Crippen LogP contribution in [0.15, 0.2) is 24.5 Å². The molecule has 2 amide bonds. The number of carboxylic acids is 1. The second-order valence-electron chi connectivity index (χ2n) is 10.0. The topological polar surface area (TPSA) is 155 Å². The van der Waals surface area contributed by atoms with E-state index >= 15 is 0 Å². The summed E-state index contributed by atoms with van der Waals surface area (Å²) >= 11 is 0. The van der Waals surface area contributed by atoms with Gasteiger partial charge in [0.05, 0.1) is 17.8 Å². The second-order valence-corrected chi connectivity index (χ2v) is 10.0. The maximum Gasteiger partial charge on any atom is 0.306 e. The van der Waals surface area contributed by atoms with Gasteiger partial charge in [-0.3, -0.25) is 14.4 Å².